The van der Waals surface area contributed by atoms with Gasteiger partial charge in [-0.25, -0.2) is 0 Å². The molecule has 0 spiro atoms. The predicted octanol–water partition coefficient (Wildman–Crippen LogP) is 2.87. The van der Waals surface area contributed by atoms with Crippen molar-refractivity contribution in [3.05, 3.63) is 35.1 Å². The van der Waals surface area contributed by atoms with Crippen LogP contribution in [0.25, 0.3) is 0 Å². The van der Waals surface area contributed by atoms with Gasteiger partial charge >= 0.3 is 0 Å². The molecule has 2 N–H and O–H groups in total. The average molecular weight is 218 g/mol. The molecule has 3 atom stereocenters. The summed E-state index contributed by atoms with van der Waals surface area (Å²) in [6.07, 6.45) is 10.8. The van der Waals surface area contributed by atoms with Crippen molar-refractivity contribution in [3.8, 4) is 0 Å². The van der Waals surface area contributed by atoms with Crippen LogP contribution in [0.15, 0.2) is 35.1 Å². The molecule has 0 radical (unpaired) electrons. The van der Waals surface area contributed by atoms with Crippen molar-refractivity contribution in [2.75, 3.05) is 0 Å². The third-order valence-electron chi connectivity index (χ3n) is 4.24. The summed E-state index contributed by atoms with van der Waals surface area (Å²) in [6, 6.07) is 0. The maximum Gasteiger partial charge on any atom is 0.100 e. The Bertz CT molecular complexity index is 390. The lowest BCUT2D eigenvalue weighted by Crippen LogP contribution is -2.35. The van der Waals surface area contributed by atoms with E-state index in [1.54, 1.807) is 0 Å². The van der Waals surface area contributed by atoms with Crippen molar-refractivity contribution in [1.29, 1.82) is 0 Å². The molecule has 0 saturated heterocycles. The largest absolute Gasteiger partial charge is 0.512 e. The van der Waals surface area contributed by atoms with Gasteiger partial charge in [-0.3, -0.25) is 0 Å². The lowest BCUT2D eigenvalue weighted by Gasteiger charge is -2.40. The fourth-order valence-corrected chi connectivity index (χ4v) is 3.44. The van der Waals surface area contributed by atoms with Gasteiger partial charge in [0.15, 0.2) is 0 Å². The van der Waals surface area contributed by atoms with Crippen LogP contribution in [0.5, 0.6) is 0 Å². The Morgan fingerprint density at radius 1 is 1.25 bits per heavy atom. The molecule has 16 heavy (non-hydrogen) atoms. The quantitative estimate of drug-likeness (QED) is 0.656. The molecule has 1 fully saturated rings. The smallest absolute Gasteiger partial charge is 0.100 e. The molecule has 2 heteroatoms. The summed E-state index contributed by atoms with van der Waals surface area (Å²) < 4.78 is 0. The first-order chi connectivity index (χ1) is 7.77. The molecule has 3 unspecified atom stereocenters. The van der Waals surface area contributed by atoms with Crippen molar-refractivity contribution in [3.63, 3.8) is 0 Å². The third-order valence-corrected chi connectivity index (χ3v) is 4.24. The number of aliphatic hydroxyl groups excluding tert-OH is 2. The number of rotatable bonds is 0. The van der Waals surface area contributed by atoms with Gasteiger partial charge in [0.1, 0.15) is 6.10 Å². The molecule has 0 bridgehead atoms. The van der Waals surface area contributed by atoms with Gasteiger partial charge in [-0.15, -0.1) is 0 Å². The minimum Gasteiger partial charge on any atom is -0.512 e. The van der Waals surface area contributed by atoms with Gasteiger partial charge in [-0.2, -0.15) is 0 Å². The van der Waals surface area contributed by atoms with Crippen LogP contribution < -0.4 is 0 Å². The van der Waals surface area contributed by atoms with Gasteiger partial charge in [0, 0.05) is 12.0 Å². The number of hydrogen-bond acceptors (Lipinski definition) is 2. The van der Waals surface area contributed by atoms with E-state index in [4.69, 9.17) is 0 Å². The molecule has 3 aliphatic rings. The highest BCUT2D eigenvalue weighted by Gasteiger charge is 2.39. The first-order valence-electron chi connectivity index (χ1n) is 6.24. The van der Waals surface area contributed by atoms with Gasteiger partial charge in [0.25, 0.3) is 0 Å². The molecule has 3 aliphatic carbocycles. The van der Waals surface area contributed by atoms with Gasteiger partial charge in [0.05, 0.1) is 5.76 Å². The van der Waals surface area contributed by atoms with E-state index in [2.05, 4.69) is 6.08 Å². The van der Waals surface area contributed by atoms with E-state index in [1.807, 2.05) is 12.2 Å². The van der Waals surface area contributed by atoms with E-state index >= 15 is 0 Å². The molecule has 0 aliphatic heterocycles. The number of aliphatic hydroxyl groups is 2. The maximum atomic E-state index is 10.3. The molecule has 0 aromatic rings. The van der Waals surface area contributed by atoms with E-state index in [0.29, 0.717) is 17.6 Å². The molecule has 2 nitrogen and oxygen atoms in total. The first kappa shape index (κ1) is 10.2. The Labute approximate surface area is 96.0 Å². The second kappa shape index (κ2) is 3.77. The van der Waals surface area contributed by atoms with E-state index in [-0.39, 0.29) is 0 Å². The van der Waals surface area contributed by atoms with Gasteiger partial charge in [-0.05, 0) is 43.1 Å². The minimum atomic E-state index is -0.519. The summed E-state index contributed by atoms with van der Waals surface area (Å²) in [7, 11) is 0. The average Bonchev–Trinajstić information content (AvgIpc) is 2.29. The Kier molecular flexibility index (Phi) is 2.40. The fraction of sp³-hybridized carbons (Fsp3) is 0.571. The molecular weight excluding hydrogens is 200 g/mol. The number of hydrogen-bond donors (Lipinski definition) is 2. The predicted molar refractivity (Wildman–Crippen MR) is 62.9 cm³/mol. The Balaban J connectivity index is 2.00. The highest BCUT2D eigenvalue weighted by atomic mass is 16.3. The monoisotopic (exact) mass is 218 g/mol. The van der Waals surface area contributed by atoms with Crippen LogP contribution in [0.3, 0.4) is 0 Å². The second-order valence-electron chi connectivity index (χ2n) is 5.16. The standard InChI is InChI=1S/C14H18O2/c15-12-7-3-5-10-8-9-4-1-2-6-11(9)14(16)13(10)12/h1-2,6,9-10,14-16H,3-5,7-8H2. The third kappa shape index (κ3) is 1.44. The SMILES string of the molecule is OC1=C2C(CCC1)CC1CC=CC=C1C2O. The summed E-state index contributed by atoms with van der Waals surface area (Å²) in [5.41, 5.74) is 2.03. The van der Waals surface area contributed by atoms with Crippen LogP contribution in [0.2, 0.25) is 0 Å². The lowest BCUT2D eigenvalue weighted by molar-refractivity contribution is 0.159. The van der Waals surface area contributed by atoms with Crippen LogP contribution in [-0.2, 0) is 0 Å². The zero-order chi connectivity index (χ0) is 11.1. The molecule has 86 valence electrons. The number of allylic oxidation sites excluding steroid dienone is 4. The van der Waals surface area contributed by atoms with Crippen LogP contribution in [0, 0.1) is 11.8 Å². The minimum absolute atomic E-state index is 0.414. The Morgan fingerprint density at radius 3 is 3.00 bits per heavy atom. The molecule has 0 aromatic carbocycles. The molecule has 0 amide bonds. The summed E-state index contributed by atoms with van der Waals surface area (Å²) in [4.78, 5) is 0. The zero-order valence-corrected chi connectivity index (χ0v) is 9.39. The molecule has 0 heterocycles. The molecular formula is C14H18O2. The van der Waals surface area contributed by atoms with Gasteiger partial charge in [0.2, 0.25) is 0 Å². The maximum absolute atomic E-state index is 10.3. The topological polar surface area (TPSA) is 40.5 Å². The van der Waals surface area contributed by atoms with Crippen LogP contribution in [-0.4, -0.2) is 16.3 Å². The van der Waals surface area contributed by atoms with Gasteiger partial charge in [-0.1, -0.05) is 18.2 Å². The first-order valence-corrected chi connectivity index (χ1v) is 6.24. The Hall–Kier alpha value is -1.02. The highest BCUT2D eigenvalue weighted by molar-refractivity contribution is 5.37. The lowest BCUT2D eigenvalue weighted by atomic mass is 9.67. The normalized spacial score (nSPS) is 37.8. The van der Waals surface area contributed by atoms with E-state index in [9.17, 15) is 10.2 Å². The summed E-state index contributed by atoms with van der Waals surface area (Å²) >= 11 is 0. The molecule has 0 aromatic heterocycles. The summed E-state index contributed by atoms with van der Waals surface area (Å²) in [6.45, 7) is 0. The molecule has 3 rings (SSSR count). The fourth-order valence-electron chi connectivity index (χ4n) is 3.44. The number of fused-ring (bicyclic) bond motifs is 2. The van der Waals surface area contributed by atoms with Crippen LogP contribution >= 0.6 is 0 Å². The van der Waals surface area contributed by atoms with Crippen molar-refractivity contribution < 1.29 is 10.2 Å². The van der Waals surface area contributed by atoms with Crippen molar-refractivity contribution in [1.82, 2.24) is 0 Å². The second-order valence-corrected chi connectivity index (χ2v) is 5.16. The van der Waals surface area contributed by atoms with E-state index < -0.39 is 6.10 Å². The van der Waals surface area contributed by atoms with Crippen molar-refractivity contribution >= 4 is 0 Å². The summed E-state index contributed by atoms with van der Waals surface area (Å²) in [5, 5.41) is 20.3. The van der Waals surface area contributed by atoms with E-state index in [0.717, 1.165) is 43.3 Å². The van der Waals surface area contributed by atoms with Crippen LogP contribution in [0.1, 0.15) is 32.1 Å². The summed E-state index contributed by atoms with van der Waals surface area (Å²) in [5.74, 6) is 1.37. The highest BCUT2D eigenvalue weighted by Crippen LogP contribution is 2.46. The van der Waals surface area contributed by atoms with Gasteiger partial charge < -0.3 is 10.2 Å². The van der Waals surface area contributed by atoms with Crippen molar-refractivity contribution in [2.45, 2.75) is 38.2 Å². The van der Waals surface area contributed by atoms with Crippen molar-refractivity contribution in [2.24, 2.45) is 11.8 Å². The Morgan fingerprint density at radius 2 is 2.12 bits per heavy atom. The molecule has 1 saturated carbocycles. The zero-order valence-electron chi connectivity index (χ0n) is 9.39. The van der Waals surface area contributed by atoms with E-state index in [1.165, 1.54) is 0 Å². The van der Waals surface area contributed by atoms with Crippen LogP contribution in [0.4, 0.5) is 0 Å².